The Balaban J connectivity index is 1.95. The molecule has 3 aromatic rings. The van der Waals surface area contributed by atoms with Crippen molar-refractivity contribution in [3.05, 3.63) is 88.4 Å². The summed E-state index contributed by atoms with van der Waals surface area (Å²) in [6.45, 7) is 1.51. The fourth-order valence-corrected chi connectivity index (χ4v) is 4.37. The zero-order valence-electron chi connectivity index (χ0n) is 15.5. The SMILES string of the molecule is Cc1ccc(NC(=O)CN(c2ccc(Cl)c(Cl)c2)S(=O)(=O)c2ccccc2)cc1. The van der Waals surface area contributed by atoms with Gasteiger partial charge in [-0.3, -0.25) is 9.10 Å². The molecule has 0 spiro atoms. The molecule has 0 saturated heterocycles. The van der Waals surface area contributed by atoms with Crippen LogP contribution < -0.4 is 9.62 Å². The third-order valence-electron chi connectivity index (χ3n) is 4.14. The first kappa shape index (κ1) is 21.2. The minimum Gasteiger partial charge on any atom is -0.325 e. The largest absolute Gasteiger partial charge is 0.325 e. The Morgan fingerprint density at radius 1 is 0.931 bits per heavy atom. The Labute approximate surface area is 179 Å². The number of nitrogens with zero attached hydrogens (tertiary/aromatic N) is 1. The monoisotopic (exact) mass is 448 g/mol. The number of carbonyl (C=O) groups excluding carboxylic acids is 1. The van der Waals surface area contributed by atoms with Gasteiger partial charge in [0.2, 0.25) is 5.91 Å². The third kappa shape index (κ3) is 5.09. The Morgan fingerprint density at radius 3 is 2.21 bits per heavy atom. The molecule has 8 heteroatoms. The molecule has 0 aliphatic heterocycles. The summed E-state index contributed by atoms with van der Waals surface area (Å²) in [5.74, 6) is -0.487. The highest BCUT2D eigenvalue weighted by molar-refractivity contribution is 7.92. The van der Waals surface area contributed by atoms with Crippen molar-refractivity contribution in [2.45, 2.75) is 11.8 Å². The summed E-state index contributed by atoms with van der Waals surface area (Å²) in [4.78, 5) is 12.7. The van der Waals surface area contributed by atoms with E-state index >= 15 is 0 Å². The van der Waals surface area contributed by atoms with Gasteiger partial charge in [-0.1, -0.05) is 59.1 Å². The van der Waals surface area contributed by atoms with E-state index in [1.165, 1.54) is 30.3 Å². The van der Waals surface area contributed by atoms with Crippen LogP contribution in [0.25, 0.3) is 0 Å². The van der Waals surface area contributed by atoms with E-state index in [0.29, 0.717) is 5.69 Å². The van der Waals surface area contributed by atoms with E-state index in [9.17, 15) is 13.2 Å². The maximum Gasteiger partial charge on any atom is 0.264 e. The number of sulfonamides is 1. The van der Waals surface area contributed by atoms with Crippen LogP contribution in [0.1, 0.15) is 5.56 Å². The van der Waals surface area contributed by atoms with E-state index in [-0.39, 0.29) is 20.6 Å². The van der Waals surface area contributed by atoms with Crippen molar-refractivity contribution in [1.82, 2.24) is 0 Å². The summed E-state index contributed by atoms with van der Waals surface area (Å²) in [5.41, 5.74) is 1.86. The predicted octanol–water partition coefficient (Wildman–Crippen LogP) is 5.14. The number of nitrogens with one attached hydrogen (secondary N) is 1. The lowest BCUT2D eigenvalue weighted by molar-refractivity contribution is -0.114. The van der Waals surface area contributed by atoms with Gasteiger partial charge in [0.1, 0.15) is 6.54 Å². The topological polar surface area (TPSA) is 66.5 Å². The summed E-state index contributed by atoms with van der Waals surface area (Å²) in [6, 6.07) is 19.5. The molecule has 0 bridgehead atoms. The molecule has 0 aliphatic carbocycles. The van der Waals surface area contributed by atoms with Crippen LogP contribution in [0.2, 0.25) is 10.0 Å². The van der Waals surface area contributed by atoms with Gasteiger partial charge < -0.3 is 5.32 Å². The maximum absolute atomic E-state index is 13.2. The number of aryl methyl sites for hydroxylation is 1. The lowest BCUT2D eigenvalue weighted by Gasteiger charge is -2.24. The molecule has 3 rings (SSSR count). The molecule has 1 N–H and O–H groups in total. The molecule has 3 aromatic carbocycles. The first-order valence-electron chi connectivity index (χ1n) is 8.67. The molecule has 0 heterocycles. The highest BCUT2D eigenvalue weighted by Crippen LogP contribution is 2.30. The second-order valence-corrected chi connectivity index (χ2v) is 9.01. The fraction of sp³-hybridized carbons (Fsp3) is 0.0952. The minimum absolute atomic E-state index is 0.0641. The number of hydrogen-bond acceptors (Lipinski definition) is 3. The van der Waals surface area contributed by atoms with Crippen molar-refractivity contribution in [2.24, 2.45) is 0 Å². The summed E-state index contributed by atoms with van der Waals surface area (Å²) < 4.78 is 27.5. The van der Waals surface area contributed by atoms with Gasteiger partial charge in [-0.05, 0) is 49.4 Å². The summed E-state index contributed by atoms with van der Waals surface area (Å²) in [5, 5.41) is 3.19. The normalized spacial score (nSPS) is 11.1. The molecule has 0 aromatic heterocycles. The van der Waals surface area contributed by atoms with Crippen LogP contribution in [0, 0.1) is 6.92 Å². The van der Waals surface area contributed by atoms with Gasteiger partial charge in [0.25, 0.3) is 10.0 Å². The molecule has 0 aliphatic rings. The Morgan fingerprint density at radius 2 is 1.59 bits per heavy atom. The molecule has 150 valence electrons. The molecule has 0 saturated carbocycles. The second-order valence-electron chi connectivity index (χ2n) is 6.34. The van der Waals surface area contributed by atoms with Crippen molar-refractivity contribution in [3.63, 3.8) is 0 Å². The third-order valence-corrected chi connectivity index (χ3v) is 6.67. The first-order chi connectivity index (χ1) is 13.8. The number of anilines is 2. The summed E-state index contributed by atoms with van der Waals surface area (Å²) in [7, 11) is -4.01. The Bertz CT molecular complexity index is 1120. The maximum atomic E-state index is 13.2. The average Bonchev–Trinajstić information content (AvgIpc) is 2.71. The molecule has 0 radical (unpaired) electrons. The van der Waals surface area contributed by atoms with Crippen molar-refractivity contribution in [1.29, 1.82) is 0 Å². The minimum atomic E-state index is -4.01. The molecule has 1 amide bonds. The molecule has 0 atom stereocenters. The summed E-state index contributed by atoms with van der Waals surface area (Å²) >= 11 is 12.0. The van der Waals surface area contributed by atoms with Gasteiger partial charge in [-0.2, -0.15) is 0 Å². The number of halogens is 2. The number of rotatable bonds is 6. The van der Waals surface area contributed by atoms with Crippen molar-refractivity contribution >= 4 is 50.5 Å². The summed E-state index contributed by atoms with van der Waals surface area (Å²) in [6.07, 6.45) is 0. The molecular weight excluding hydrogens is 431 g/mol. The van der Waals surface area contributed by atoms with Crippen LogP contribution >= 0.6 is 23.2 Å². The molecule has 5 nitrogen and oxygen atoms in total. The van der Waals surface area contributed by atoms with Crippen molar-refractivity contribution in [2.75, 3.05) is 16.2 Å². The lowest BCUT2D eigenvalue weighted by atomic mass is 10.2. The van der Waals surface area contributed by atoms with Crippen LogP contribution in [0.15, 0.2) is 77.7 Å². The number of carbonyl (C=O) groups is 1. The standard InChI is InChI=1S/C21H18Cl2N2O3S/c1-15-7-9-16(10-8-15)24-21(26)14-25(17-11-12-19(22)20(23)13-17)29(27,28)18-5-3-2-4-6-18/h2-13H,14H2,1H3,(H,24,26). The lowest BCUT2D eigenvalue weighted by Crippen LogP contribution is -2.38. The molecule has 0 fully saturated rings. The van der Waals surface area contributed by atoms with E-state index in [1.807, 2.05) is 19.1 Å². The number of amides is 1. The highest BCUT2D eigenvalue weighted by Gasteiger charge is 2.27. The van der Waals surface area contributed by atoms with Gasteiger partial charge in [-0.15, -0.1) is 0 Å². The van der Waals surface area contributed by atoms with Crippen molar-refractivity contribution < 1.29 is 13.2 Å². The highest BCUT2D eigenvalue weighted by atomic mass is 35.5. The quantitative estimate of drug-likeness (QED) is 0.567. The molecule has 0 unspecified atom stereocenters. The van der Waals surface area contributed by atoms with Gasteiger partial charge in [-0.25, -0.2) is 8.42 Å². The van der Waals surface area contributed by atoms with Crippen LogP contribution in [-0.4, -0.2) is 20.9 Å². The van der Waals surface area contributed by atoms with E-state index < -0.39 is 22.5 Å². The second kappa shape index (κ2) is 8.86. The average molecular weight is 449 g/mol. The predicted molar refractivity (Wildman–Crippen MR) is 117 cm³/mol. The zero-order valence-corrected chi connectivity index (χ0v) is 17.8. The van der Waals surface area contributed by atoms with E-state index in [4.69, 9.17) is 23.2 Å². The molecule has 29 heavy (non-hydrogen) atoms. The van der Waals surface area contributed by atoms with Crippen molar-refractivity contribution in [3.8, 4) is 0 Å². The van der Waals surface area contributed by atoms with Crippen LogP contribution in [0.3, 0.4) is 0 Å². The fourth-order valence-electron chi connectivity index (χ4n) is 2.64. The zero-order chi connectivity index (χ0) is 21.0. The Hall–Kier alpha value is -2.54. The van der Waals surface area contributed by atoms with E-state index in [1.54, 1.807) is 30.3 Å². The van der Waals surface area contributed by atoms with E-state index in [0.717, 1.165) is 9.87 Å². The Kier molecular flexibility index (Phi) is 6.47. The van der Waals surface area contributed by atoms with Gasteiger partial charge in [0.05, 0.1) is 20.6 Å². The number of benzene rings is 3. The van der Waals surface area contributed by atoms with Crippen LogP contribution in [0.5, 0.6) is 0 Å². The number of hydrogen-bond donors (Lipinski definition) is 1. The smallest absolute Gasteiger partial charge is 0.264 e. The first-order valence-corrected chi connectivity index (χ1v) is 10.9. The van der Waals surface area contributed by atoms with Gasteiger partial charge in [0.15, 0.2) is 0 Å². The van der Waals surface area contributed by atoms with Gasteiger partial charge in [0, 0.05) is 5.69 Å². The molecular formula is C21H18Cl2N2O3S. The van der Waals surface area contributed by atoms with Crippen LogP contribution in [-0.2, 0) is 14.8 Å². The van der Waals surface area contributed by atoms with Crippen LogP contribution in [0.4, 0.5) is 11.4 Å². The van der Waals surface area contributed by atoms with Gasteiger partial charge >= 0.3 is 0 Å². The van der Waals surface area contributed by atoms with E-state index in [2.05, 4.69) is 5.32 Å².